The minimum Gasteiger partial charge on any atom is -0.508 e. The summed E-state index contributed by atoms with van der Waals surface area (Å²) in [7, 11) is 0. The molecule has 1 amide bonds. The fourth-order valence-corrected chi connectivity index (χ4v) is 4.75. The normalized spacial score (nSPS) is 16.8. The van der Waals surface area contributed by atoms with Gasteiger partial charge < -0.3 is 24.7 Å². The molecule has 7 nitrogen and oxygen atoms in total. The van der Waals surface area contributed by atoms with Crippen molar-refractivity contribution in [1.29, 1.82) is 0 Å². The number of carbonyl (C=O) groups excluding carboxylic acids is 2. The van der Waals surface area contributed by atoms with Gasteiger partial charge in [0.25, 0.3) is 11.7 Å². The lowest BCUT2D eigenvalue weighted by atomic mass is 9.94. The molecule has 1 aliphatic rings. The second kappa shape index (κ2) is 12.0. The van der Waals surface area contributed by atoms with E-state index in [4.69, 9.17) is 4.74 Å². The Morgan fingerprint density at radius 2 is 1.66 bits per heavy atom. The number of nitrogens with zero attached hydrogens (tertiary/aromatic N) is 2. The largest absolute Gasteiger partial charge is 0.508 e. The minimum absolute atomic E-state index is 0.0394. The lowest BCUT2D eigenvalue weighted by molar-refractivity contribution is -0.140. The maximum atomic E-state index is 13.3. The van der Waals surface area contributed by atoms with Crippen LogP contribution in [0.1, 0.15) is 42.1 Å². The summed E-state index contributed by atoms with van der Waals surface area (Å²) in [4.78, 5) is 30.1. The molecule has 1 saturated heterocycles. The average molecular weight is 515 g/mol. The number of likely N-dealkylation sites (N-methyl/N-ethyl adjacent to an activating group) is 1. The van der Waals surface area contributed by atoms with Gasteiger partial charge in [-0.15, -0.1) is 0 Å². The van der Waals surface area contributed by atoms with Gasteiger partial charge in [-0.25, -0.2) is 0 Å². The van der Waals surface area contributed by atoms with E-state index in [1.54, 1.807) is 30.3 Å². The molecule has 38 heavy (non-hydrogen) atoms. The van der Waals surface area contributed by atoms with Crippen LogP contribution in [0.25, 0.3) is 5.76 Å². The van der Waals surface area contributed by atoms with E-state index in [-0.39, 0.29) is 17.1 Å². The van der Waals surface area contributed by atoms with Crippen molar-refractivity contribution in [2.75, 3.05) is 26.2 Å². The van der Waals surface area contributed by atoms with Crippen molar-refractivity contribution in [3.8, 4) is 11.5 Å². The molecule has 0 saturated carbocycles. The summed E-state index contributed by atoms with van der Waals surface area (Å²) in [6.45, 7) is 8.95. The monoisotopic (exact) mass is 514 g/mol. The molecule has 3 aromatic carbocycles. The first-order chi connectivity index (χ1) is 18.3. The van der Waals surface area contributed by atoms with Gasteiger partial charge in [0, 0.05) is 18.7 Å². The number of aryl methyl sites for hydroxylation is 1. The number of aliphatic hydroxyl groups excluding tert-OH is 1. The summed E-state index contributed by atoms with van der Waals surface area (Å²) >= 11 is 0. The number of rotatable bonds is 10. The van der Waals surface area contributed by atoms with Crippen LogP contribution in [0.5, 0.6) is 11.5 Å². The molecule has 1 fully saturated rings. The van der Waals surface area contributed by atoms with Crippen molar-refractivity contribution in [2.45, 2.75) is 33.4 Å². The summed E-state index contributed by atoms with van der Waals surface area (Å²) in [5, 5.41) is 21.2. The highest BCUT2D eigenvalue weighted by atomic mass is 16.5. The number of phenols is 1. The van der Waals surface area contributed by atoms with Crippen LogP contribution >= 0.6 is 0 Å². The Balaban J connectivity index is 1.68. The number of amides is 1. The molecule has 0 bridgehead atoms. The van der Waals surface area contributed by atoms with Gasteiger partial charge in [-0.1, -0.05) is 56.3 Å². The predicted octanol–water partition coefficient (Wildman–Crippen LogP) is 5.04. The maximum absolute atomic E-state index is 13.3. The zero-order valence-corrected chi connectivity index (χ0v) is 22.1. The van der Waals surface area contributed by atoms with Gasteiger partial charge >= 0.3 is 0 Å². The molecular weight excluding hydrogens is 480 g/mol. The van der Waals surface area contributed by atoms with Crippen LogP contribution in [0.4, 0.5) is 0 Å². The third kappa shape index (κ3) is 5.73. The number of benzene rings is 3. The van der Waals surface area contributed by atoms with Gasteiger partial charge in [0.05, 0.1) is 11.6 Å². The highest BCUT2D eigenvalue weighted by molar-refractivity contribution is 6.46. The third-order valence-electron chi connectivity index (χ3n) is 6.99. The van der Waals surface area contributed by atoms with Gasteiger partial charge in [-0.05, 0) is 67.0 Å². The van der Waals surface area contributed by atoms with E-state index in [1.807, 2.05) is 51.1 Å². The van der Waals surface area contributed by atoms with Crippen LogP contribution in [0.2, 0.25) is 0 Å². The zero-order valence-electron chi connectivity index (χ0n) is 22.1. The van der Waals surface area contributed by atoms with Crippen molar-refractivity contribution in [3.63, 3.8) is 0 Å². The summed E-state index contributed by atoms with van der Waals surface area (Å²) in [6.07, 6.45) is 0. The molecule has 0 radical (unpaired) electrons. The number of hydrogen-bond acceptors (Lipinski definition) is 6. The van der Waals surface area contributed by atoms with Crippen LogP contribution in [0.3, 0.4) is 0 Å². The van der Waals surface area contributed by atoms with E-state index in [0.29, 0.717) is 36.6 Å². The second-order valence-corrected chi connectivity index (χ2v) is 9.37. The SMILES string of the molecule is CCN(CC)CCN1C(=O)C(=O)/C(=C(/O)c2ccc(OCc3ccccc3)c(C)c2)[C@@H]1c1ccc(O)cc1. The second-order valence-electron chi connectivity index (χ2n) is 9.37. The number of aromatic hydroxyl groups is 1. The van der Waals surface area contributed by atoms with Crippen molar-refractivity contribution in [3.05, 3.63) is 101 Å². The number of phenolic OH excluding ortho intramolecular Hbond substituents is 1. The zero-order chi connectivity index (χ0) is 27.2. The van der Waals surface area contributed by atoms with Crippen LogP contribution < -0.4 is 4.74 Å². The Hall–Kier alpha value is -4.10. The number of Topliss-reactive ketones (excluding diaryl/α,β-unsaturated/α-hetero) is 1. The molecule has 1 heterocycles. The van der Waals surface area contributed by atoms with Crippen molar-refractivity contribution in [2.24, 2.45) is 0 Å². The third-order valence-corrected chi connectivity index (χ3v) is 6.99. The Morgan fingerprint density at radius 1 is 0.974 bits per heavy atom. The number of likely N-dealkylation sites (tertiary alicyclic amines) is 1. The average Bonchev–Trinajstić information content (AvgIpc) is 3.18. The fourth-order valence-electron chi connectivity index (χ4n) is 4.75. The molecule has 3 aromatic rings. The van der Waals surface area contributed by atoms with Crippen molar-refractivity contribution >= 4 is 17.4 Å². The van der Waals surface area contributed by atoms with E-state index < -0.39 is 17.7 Å². The van der Waals surface area contributed by atoms with Gasteiger partial charge in [-0.2, -0.15) is 0 Å². The van der Waals surface area contributed by atoms with E-state index in [9.17, 15) is 19.8 Å². The Kier molecular flexibility index (Phi) is 8.48. The van der Waals surface area contributed by atoms with Crippen LogP contribution in [-0.2, 0) is 16.2 Å². The molecule has 198 valence electrons. The molecular formula is C31H34N2O5. The lowest BCUT2D eigenvalue weighted by Gasteiger charge is -2.28. The molecule has 7 heteroatoms. The highest BCUT2D eigenvalue weighted by Gasteiger charge is 2.46. The number of hydrogen-bond donors (Lipinski definition) is 2. The van der Waals surface area contributed by atoms with Crippen molar-refractivity contribution < 1.29 is 24.5 Å². The first-order valence-corrected chi connectivity index (χ1v) is 12.9. The summed E-state index contributed by atoms with van der Waals surface area (Å²) < 4.78 is 5.96. The molecule has 4 rings (SSSR count). The maximum Gasteiger partial charge on any atom is 0.295 e. The quantitative estimate of drug-likeness (QED) is 0.224. The molecule has 1 aliphatic heterocycles. The molecule has 0 aliphatic carbocycles. The van der Waals surface area contributed by atoms with E-state index in [2.05, 4.69) is 4.90 Å². The van der Waals surface area contributed by atoms with Gasteiger partial charge in [0.15, 0.2) is 0 Å². The molecule has 1 atom stereocenters. The minimum atomic E-state index is -0.763. The smallest absolute Gasteiger partial charge is 0.295 e. The van der Waals surface area contributed by atoms with Gasteiger partial charge in [0.2, 0.25) is 0 Å². The Bertz CT molecular complexity index is 1310. The molecule has 0 spiro atoms. The van der Waals surface area contributed by atoms with E-state index in [1.165, 1.54) is 17.0 Å². The van der Waals surface area contributed by atoms with Crippen LogP contribution in [0.15, 0.2) is 78.4 Å². The van der Waals surface area contributed by atoms with Gasteiger partial charge in [0.1, 0.15) is 23.9 Å². The van der Waals surface area contributed by atoms with E-state index >= 15 is 0 Å². The number of carbonyl (C=O) groups is 2. The van der Waals surface area contributed by atoms with Gasteiger partial charge in [-0.3, -0.25) is 9.59 Å². The first-order valence-electron chi connectivity index (χ1n) is 12.9. The lowest BCUT2D eigenvalue weighted by Crippen LogP contribution is -2.38. The topological polar surface area (TPSA) is 90.3 Å². The first kappa shape index (κ1) is 26.9. The molecule has 0 unspecified atom stereocenters. The summed E-state index contributed by atoms with van der Waals surface area (Å²) in [5.41, 5.74) is 2.94. The van der Waals surface area contributed by atoms with E-state index in [0.717, 1.165) is 24.2 Å². The molecule has 0 aromatic heterocycles. The summed E-state index contributed by atoms with van der Waals surface area (Å²) in [5.74, 6) is -0.848. The highest BCUT2D eigenvalue weighted by Crippen LogP contribution is 2.40. The Morgan fingerprint density at radius 3 is 2.29 bits per heavy atom. The number of ether oxygens (including phenoxy) is 1. The molecule has 2 N–H and O–H groups in total. The number of aliphatic hydroxyl groups is 1. The van der Waals surface area contributed by atoms with Crippen LogP contribution in [0, 0.1) is 6.92 Å². The Labute approximate surface area is 223 Å². The predicted molar refractivity (Wildman–Crippen MR) is 147 cm³/mol. The fraction of sp³-hybridized carbons (Fsp3) is 0.290. The number of ketones is 1. The summed E-state index contributed by atoms with van der Waals surface area (Å²) in [6, 6.07) is 20.7. The van der Waals surface area contributed by atoms with Crippen LogP contribution in [-0.4, -0.2) is 57.9 Å². The standard InChI is InChI=1S/C31H34N2O5/c1-4-32(5-2)17-18-33-28(23-11-14-25(34)15-12-23)27(30(36)31(33)37)29(35)24-13-16-26(21(3)19-24)38-20-22-9-7-6-8-10-22/h6-16,19,28,34-35H,4-5,17-18,20H2,1-3H3/b29-27+/t28-/m0/s1. The van der Waals surface area contributed by atoms with Crippen molar-refractivity contribution in [1.82, 2.24) is 9.80 Å².